The first kappa shape index (κ1) is 21.2. The van der Waals surface area contributed by atoms with E-state index in [-0.39, 0.29) is 13.0 Å². The third kappa shape index (κ3) is 4.61. The van der Waals surface area contributed by atoms with Crippen molar-refractivity contribution in [3.63, 3.8) is 0 Å². The zero-order chi connectivity index (χ0) is 20.5. The molecule has 0 bridgehead atoms. The van der Waals surface area contributed by atoms with E-state index in [9.17, 15) is 9.59 Å². The van der Waals surface area contributed by atoms with Crippen molar-refractivity contribution in [3.8, 4) is 0 Å². The highest BCUT2D eigenvalue weighted by molar-refractivity contribution is 5.87. The fourth-order valence-electron chi connectivity index (χ4n) is 3.29. The number of methoxy groups -OCH3 is 1. The zero-order valence-corrected chi connectivity index (χ0v) is 17.4. The number of carbonyl (C=O) groups excluding carboxylic acids is 2. The van der Waals surface area contributed by atoms with Crippen LogP contribution >= 0.6 is 0 Å². The summed E-state index contributed by atoms with van der Waals surface area (Å²) in [6, 6.07) is 9.54. The van der Waals surface area contributed by atoms with Gasteiger partial charge in [0.25, 0.3) is 0 Å². The molecular weight excluding hydrogens is 346 g/mol. The van der Waals surface area contributed by atoms with Crippen LogP contribution in [-0.4, -0.2) is 48.0 Å². The predicted octanol–water partition coefficient (Wildman–Crippen LogP) is 3.78. The Balaban J connectivity index is 2.53. The SMILES string of the molecule is COC(=O)[C@@]1(Cc2ccccc2)CO[C@@H](C(C)(C)C)N1C(=O)OC(C)(C)C. The second kappa shape index (κ2) is 7.50. The van der Waals surface area contributed by atoms with Gasteiger partial charge in [0.2, 0.25) is 0 Å². The molecule has 1 heterocycles. The molecule has 1 aromatic rings. The summed E-state index contributed by atoms with van der Waals surface area (Å²) in [5, 5.41) is 0. The molecule has 27 heavy (non-hydrogen) atoms. The highest BCUT2D eigenvalue weighted by Crippen LogP contribution is 2.40. The Kier molecular flexibility index (Phi) is 5.90. The maximum atomic E-state index is 13.2. The first-order valence-electron chi connectivity index (χ1n) is 9.17. The van der Waals surface area contributed by atoms with Crippen LogP contribution in [0.15, 0.2) is 30.3 Å². The van der Waals surface area contributed by atoms with Gasteiger partial charge in [-0.1, -0.05) is 51.1 Å². The molecule has 0 aliphatic carbocycles. The Morgan fingerprint density at radius 1 is 1.15 bits per heavy atom. The van der Waals surface area contributed by atoms with Gasteiger partial charge in [0, 0.05) is 11.8 Å². The third-order valence-electron chi connectivity index (χ3n) is 4.41. The van der Waals surface area contributed by atoms with Gasteiger partial charge < -0.3 is 14.2 Å². The molecule has 0 N–H and O–H groups in total. The van der Waals surface area contributed by atoms with Gasteiger partial charge >= 0.3 is 12.1 Å². The van der Waals surface area contributed by atoms with Gasteiger partial charge in [0.1, 0.15) is 11.8 Å². The van der Waals surface area contributed by atoms with Crippen molar-refractivity contribution in [1.29, 1.82) is 0 Å². The summed E-state index contributed by atoms with van der Waals surface area (Å²) in [4.78, 5) is 27.5. The van der Waals surface area contributed by atoms with Gasteiger partial charge in [-0.25, -0.2) is 9.59 Å². The molecule has 0 saturated carbocycles. The highest BCUT2D eigenvalue weighted by Gasteiger charge is 2.59. The van der Waals surface area contributed by atoms with Gasteiger partial charge in [-0.3, -0.25) is 4.90 Å². The van der Waals surface area contributed by atoms with Gasteiger partial charge in [-0.15, -0.1) is 0 Å². The minimum Gasteiger partial charge on any atom is -0.467 e. The summed E-state index contributed by atoms with van der Waals surface area (Å²) in [5.41, 5.74) is -1.48. The van der Waals surface area contributed by atoms with Gasteiger partial charge in [0.05, 0.1) is 13.7 Å². The number of benzene rings is 1. The minimum absolute atomic E-state index is 0.0513. The van der Waals surface area contributed by atoms with Gasteiger partial charge in [-0.2, -0.15) is 0 Å². The van der Waals surface area contributed by atoms with Crippen molar-refractivity contribution in [3.05, 3.63) is 35.9 Å². The number of amides is 1. The van der Waals surface area contributed by atoms with Crippen molar-refractivity contribution in [2.24, 2.45) is 5.41 Å². The van der Waals surface area contributed by atoms with Crippen molar-refractivity contribution in [2.75, 3.05) is 13.7 Å². The molecule has 6 heteroatoms. The highest BCUT2D eigenvalue weighted by atomic mass is 16.6. The molecule has 1 aromatic carbocycles. The quantitative estimate of drug-likeness (QED) is 0.750. The smallest absolute Gasteiger partial charge is 0.413 e. The van der Waals surface area contributed by atoms with Crippen LogP contribution in [0.5, 0.6) is 0 Å². The van der Waals surface area contributed by atoms with Crippen LogP contribution in [0.4, 0.5) is 4.79 Å². The van der Waals surface area contributed by atoms with Crippen LogP contribution in [0, 0.1) is 5.41 Å². The average Bonchev–Trinajstić information content (AvgIpc) is 2.94. The standard InChI is InChI=1S/C21H31NO5/c1-19(2,3)16-22(18(24)27-20(4,5)6)21(14-26-16,17(23)25-7)13-15-11-9-8-10-12-15/h8-12,16H,13-14H2,1-7H3/t16-,21+/m0/s1. The second-order valence-corrected chi connectivity index (χ2v) is 9.07. The van der Waals surface area contributed by atoms with Crippen molar-refractivity contribution < 1.29 is 23.8 Å². The van der Waals surface area contributed by atoms with Crippen LogP contribution in [0.2, 0.25) is 0 Å². The van der Waals surface area contributed by atoms with Crippen LogP contribution < -0.4 is 0 Å². The Labute approximate surface area is 161 Å². The molecule has 1 aliphatic rings. The van der Waals surface area contributed by atoms with Gasteiger partial charge in [0.15, 0.2) is 5.54 Å². The summed E-state index contributed by atoms with van der Waals surface area (Å²) in [6.07, 6.45) is -0.914. The number of nitrogens with zero attached hydrogens (tertiary/aromatic N) is 1. The lowest BCUT2D eigenvalue weighted by molar-refractivity contribution is -0.154. The first-order chi connectivity index (χ1) is 12.4. The number of hydrogen-bond donors (Lipinski definition) is 0. The molecule has 2 atom stereocenters. The van der Waals surface area contributed by atoms with E-state index in [0.29, 0.717) is 0 Å². The first-order valence-corrected chi connectivity index (χ1v) is 9.17. The topological polar surface area (TPSA) is 65.1 Å². The normalized spacial score (nSPS) is 23.2. The summed E-state index contributed by atoms with van der Waals surface area (Å²) in [7, 11) is 1.33. The van der Waals surface area contributed by atoms with Gasteiger partial charge in [-0.05, 0) is 26.3 Å². The fourth-order valence-corrected chi connectivity index (χ4v) is 3.29. The van der Waals surface area contributed by atoms with Crippen LogP contribution in [0.3, 0.4) is 0 Å². The van der Waals surface area contributed by atoms with E-state index in [2.05, 4.69) is 0 Å². The van der Waals surface area contributed by atoms with E-state index in [1.54, 1.807) is 20.8 Å². The largest absolute Gasteiger partial charge is 0.467 e. The van der Waals surface area contributed by atoms with Crippen LogP contribution in [0.1, 0.15) is 47.1 Å². The van der Waals surface area contributed by atoms with Crippen LogP contribution in [0.25, 0.3) is 0 Å². The lowest BCUT2D eigenvalue weighted by atomic mass is 9.87. The number of rotatable bonds is 3. The second-order valence-electron chi connectivity index (χ2n) is 9.07. The lowest BCUT2D eigenvalue weighted by Crippen LogP contribution is -2.61. The number of hydrogen-bond acceptors (Lipinski definition) is 5. The van der Waals surface area contributed by atoms with Crippen molar-refractivity contribution in [2.45, 2.75) is 65.3 Å². The maximum Gasteiger partial charge on any atom is 0.413 e. The number of ether oxygens (including phenoxy) is 3. The maximum absolute atomic E-state index is 13.2. The Morgan fingerprint density at radius 3 is 2.22 bits per heavy atom. The molecular formula is C21H31NO5. The summed E-state index contributed by atoms with van der Waals surface area (Å²) in [5.74, 6) is -0.510. The third-order valence-corrected chi connectivity index (χ3v) is 4.41. The van der Waals surface area contributed by atoms with E-state index in [1.807, 2.05) is 51.1 Å². The number of esters is 1. The molecule has 1 aliphatic heterocycles. The van der Waals surface area contributed by atoms with Crippen molar-refractivity contribution >= 4 is 12.1 Å². The molecule has 0 spiro atoms. The van der Waals surface area contributed by atoms with E-state index < -0.39 is 34.8 Å². The molecule has 150 valence electrons. The van der Waals surface area contributed by atoms with Crippen LogP contribution in [-0.2, 0) is 25.4 Å². The predicted molar refractivity (Wildman–Crippen MR) is 102 cm³/mol. The lowest BCUT2D eigenvalue weighted by Gasteiger charge is -2.41. The molecule has 0 unspecified atom stereocenters. The zero-order valence-electron chi connectivity index (χ0n) is 17.4. The molecule has 1 fully saturated rings. The number of carbonyl (C=O) groups is 2. The summed E-state index contributed by atoms with van der Waals surface area (Å²) >= 11 is 0. The summed E-state index contributed by atoms with van der Waals surface area (Å²) < 4.78 is 16.7. The molecule has 0 radical (unpaired) electrons. The van der Waals surface area contributed by atoms with E-state index in [1.165, 1.54) is 12.0 Å². The van der Waals surface area contributed by atoms with E-state index >= 15 is 0 Å². The Bertz CT molecular complexity index is 674. The molecule has 1 saturated heterocycles. The monoisotopic (exact) mass is 377 g/mol. The summed E-state index contributed by atoms with van der Waals surface area (Å²) in [6.45, 7) is 11.3. The minimum atomic E-state index is -1.28. The fraction of sp³-hybridized carbons (Fsp3) is 0.619. The molecule has 2 rings (SSSR count). The Hall–Kier alpha value is -2.08. The van der Waals surface area contributed by atoms with E-state index in [0.717, 1.165) is 5.56 Å². The molecule has 1 amide bonds. The van der Waals surface area contributed by atoms with Crippen molar-refractivity contribution in [1.82, 2.24) is 4.90 Å². The average molecular weight is 377 g/mol. The van der Waals surface area contributed by atoms with E-state index in [4.69, 9.17) is 14.2 Å². The molecule has 6 nitrogen and oxygen atoms in total. The Morgan fingerprint density at radius 2 is 1.74 bits per heavy atom. The molecule has 0 aromatic heterocycles.